The summed E-state index contributed by atoms with van der Waals surface area (Å²) in [6.07, 6.45) is 5.83. The molecular weight excluding hydrogens is 486 g/mol. The Morgan fingerprint density at radius 1 is 1.13 bits per heavy atom. The first-order valence-corrected chi connectivity index (χ1v) is 13.8. The fraction of sp³-hybridized carbons (Fsp3) is 0.621. The lowest BCUT2D eigenvalue weighted by molar-refractivity contribution is -0.168. The first-order valence-electron chi connectivity index (χ1n) is 13.8. The van der Waals surface area contributed by atoms with Gasteiger partial charge in [0.1, 0.15) is 17.5 Å². The molecule has 1 aliphatic carbocycles. The number of morpholine rings is 1. The molecule has 4 rings (SSSR count). The zero-order valence-corrected chi connectivity index (χ0v) is 23.0. The number of hydrogen-bond acceptors (Lipinski definition) is 6. The van der Waals surface area contributed by atoms with E-state index in [9.17, 15) is 14.4 Å². The number of carbonyl (C=O) groups is 3. The Balaban J connectivity index is 1.44. The van der Waals surface area contributed by atoms with Gasteiger partial charge in [-0.15, -0.1) is 0 Å². The summed E-state index contributed by atoms with van der Waals surface area (Å²) >= 11 is 0. The van der Waals surface area contributed by atoms with Crippen molar-refractivity contribution in [2.45, 2.75) is 90.1 Å². The van der Waals surface area contributed by atoms with Crippen LogP contribution in [0, 0.1) is 0 Å². The molecule has 2 saturated heterocycles. The van der Waals surface area contributed by atoms with E-state index in [1.54, 1.807) is 29.2 Å². The van der Waals surface area contributed by atoms with Crippen LogP contribution in [0.4, 0.5) is 10.5 Å². The molecular formula is C29H41N3O6. The van der Waals surface area contributed by atoms with Crippen LogP contribution in [0.15, 0.2) is 35.9 Å². The fourth-order valence-electron chi connectivity index (χ4n) is 5.27. The predicted octanol–water partition coefficient (Wildman–Crippen LogP) is 4.52. The maximum atomic E-state index is 13.6. The molecule has 2 fully saturated rings. The Morgan fingerprint density at radius 2 is 1.89 bits per heavy atom. The van der Waals surface area contributed by atoms with E-state index >= 15 is 0 Å². The summed E-state index contributed by atoms with van der Waals surface area (Å²) in [4.78, 5) is 42.7. The lowest BCUT2D eigenvalue weighted by atomic mass is 9.96. The zero-order chi connectivity index (χ0) is 27.3. The molecule has 3 atom stereocenters. The smallest absolute Gasteiger partial charge is 0.410 e. The van der Waals surface area contributed by atoms with Gasteiger partial charge in [-0.3, -0.25) is 9.59 Å². The Hall–Kier alpha value is -3.07. The van der Waals surface area contributed by atoms with Crippen molar-refractivity contribution in [3.63, 3.8) is 0 Å². The molecule has 2 aliphatic heterocycles. The van der Waals surface area contributed by atoms with Gasteiger partial charge in [0.15, 0.2) is 0 Å². The van der Waals surface area contributed by atoms with Crippen molar-refractivity contribution in [3.8, 4) is 5.75 Å². The maximum Gasteiger partial charge on any atom is 0.410 e. The quantitative estimate of drug-likeness (QED) is 0.500. The van der Waals surface area contributed by atoms with Gasteiger partial charge in [0.2, 0.25) is 5.91 Å². The molecule has 9 heteroatoms. The second kappa shape index (κ2) is 12.2. The maximum absolute atomic E-state index is 13.6. The standard InChI is InChI=1S/C29H41N3O6/c1-5-36-22-13-11-21(12-14-22)30-26(33)17-24-27(34)32(16-15-20-9-7-6-8-10-20)23-18-31(19-25(23)37-24)28(35)38-29(2,3)4/h9,11-14,23-25H,5-8,10,15-19H2,1-4H3,(H,30,33). The van der Waals surface area contributed by atoms with Gasteiger partial charge in [0.25, 0.3) is 5.91 Å². The van der Waals surface area contributed by atoms with Crippen LogP contribution < -0.4 is 10.1 Å². The lowest BCUT2D eigenvalue weighted by Gasteiger charge is -2.40. The molecule has 0 aromatic heterocycles. The summed E-state index contributed by atoms with van der Waals surface area (Å²) in [5.41, 5.74) is 1.38. The van der Waals surface area contributed by atoms with E-state index in [1.807, 2.05) is 32.6 Å². The number of nitrogens with zero attached hydrogens (tertiary/aromatic N) is 2. The number of amides is 3. The minimum absolute atomic E-state index is 0.0963. The summed E-state index contributed by atoms with van der Waals surface area (Å²) in [5.74, 6) is 0.222. The van der Waals surface area contributed by atoms with E-state index in [0.29, 0.717) is 31.9 Å². The molecule has 2 heterocycles. The van der Waals surface area contributed by atoms with Crippen LogP contribution >= 0.6 is 0 Å². The number of hydrogen-bond donors (Lipinski definition) is 1. The van der Waals surface area contributed by atoms with Crippen LogP contribution in [-0.2, 0) is 19.1 Å². The third-order valence-electron chi connectivity index (χ3n) is 7.07. The van der Waals surface area contributed by atoms with E-state index in [4.69, 9.17) is 14.2 Å². The minimum Gasteiger partial charge on any atom is -0.494 e. The number of rotatable bonds is 8. The van der Waals surface area contributed by atoms with E-state index in [0.717, 1.165) is 25.0 Å². The van der Waals surface area contributed by atoms with Gasteiger partial charge in [-0.25, -0.2) is 4.79 Å². The molecule has 3 aliphatic rings. The second-order valence-electron chi connectivity index (χ2n) is 11.2. The van der Waals surface area contributed by atoms with Crippen molar-refractivity contribution < 1.29 is 28.6 Å². The van der Waals surface area contributed by atoms with Gasteiger partial charge in [0.05, 0.1) is 31.7 Å². The van der Waals surface area contributed by atoms with Gasteiger partial charge >= 0.3 is 6.09 Å². The van der Waals surface area contributed by atoms with Crippen LogP contribution in [0.3, 0.4) is 0 Å². The first kappa shape index (κ1) is 28.0. The van der Waals surface area contributed by atoms with Gasteiger partial charge in [-0.05, 0) is 84.1 Å². The summed E-state index contributed by atoms with van der Waals surface area (Å²) < 4.78 is 17.2. The Bertz CT molecular complexity index is 1030. The topological polar surface area (TPSA) is 97.4 Å². The molecule has 0 saturated carbocycles. The molecule has 0 bridgehead atoms. The number of benzene rings is 1. The highest BCUT2D eigenvalue weighted by Gasteiger charge is 2.49. The Kier molecular flexibility index (Phi) is 8.97. The van der Waals surface area contributed by atoms with Crippen molar-refractivity contribution in [1.82, 2.24) is 9.80 Å². The van der Waals surface area contributed by atoms with E-state index < -0.39 is 17.8 Å². The van der Waals surface area contributed by atoms with Crippen LogP contribution in [0.25, 0.3) is 0 Å². The molecule has 9 nitrogen and oxygen atoms in total. The number of nitrogens with one attached hydrogen (secondary N) is 1. The highest BCUT2D eigenvalue weighted by Crippen LogP contribution is 2.30. The Morgan fingerprint density at radius 3 is 2.55 bits per heavy atom. The lowest BCUT2D eigenvalue weighted by Crippen LogP contribution is -2.58. The molecule has 1 aromatic rings. The van der Waals surface area contributed by atoms with E-state index in [1.165, 1.54) is 18.4 Å². The third kappa shape index (κ3) is 7.28. The molecule has 1 N–H and O–H groups in total. The van der Waals surface area contributed by atoms with E-state index in [-0.39, 0.29) is 30.4 Å². The SMILES string of the molecule is CCOc1ccc(NC(=O)CC2OC3CN(C(=O)OC(C)(C)C)CC3N(CCC3=CCCCC3)C2=O)cc1. The van der Waals surface area contributed by atoms with Crippen molar-refractivity contribution in [2.75, 3.05) is 31.6 Å². The monoisotopic (exact) mass is 527 g/mol. The van der Waals surface area contributed by atoms with Gasteiger partial charge in [-0.2, -0.15) is 0 Å². The highest BCUT2D eigenvalue weighted by atomic mass is 16.6. The summed E-state index contributed by atoms with van der Waals surface area (Å²) in [5, 5.41) is 2.85. The van der Waals surface area contributed by atoms with Crippen molar-refractivity contribution in [3.05, 3.63) is 35.9 Å². The summed E-state index contributed by atoms with van der Waals surface area (Å²) in [7, 11) is 0. The predicted molar refractivity (Wildman–Crippen MR) is 144 cm³/mol. The van der Waals surface area contributed by atoms with Crippen LogP contribution in [-0.4, -0.2) is 77.8 Å². The average molecular weight is 528 g/mol. The number of fused-ring (bicyclic) bond motifs is 1. The van der Waals surface area contributed by atoms with Gasteiger partial charge in [-0.1, -0.05) is 11.6 Å². The Labute approximate surface area is 225 Å². The number of ether oxygens (including phenoxy) is 3. The summed E-state index contributed by atoms with van der Waals surface area (Å²) in [6, 6.07) is 6.85. The van der Waals surface area contributed by atoms with Crippen molar-refractivity contribution in [1.29, 1.82) is 0 Å². The number of anilines is 1. The van der Waals surface area contributed by atoms with E-state index in [2.05, 4.69) is 11.4 Å². The molecule has 208 valence electrons. The molecule has 3 amide bonds. The van der Waals surface area contributed by atoms with Gasteiger partial charge in [0, 0.05) is 18.8 Å². The number of carbonyl (C=O) groups excluding carboxylic acids is 3. The largest absolute Gasteiger partial charge is 0.494 e. The minimum atomic E-state index is -0.905. The molecule has 1 aromatic carbocycles. The second-order valence-corrected chi connectivity index (χ2v) is 11.2. The van der Waals surface area contributed by atoms with Crippen molar-refractivity contribution in [2.24, 2.45) is 0 Å². The number of allylic oxidation sites excluding steroid dienone is 1. The molecule has 0 radical (unpaired) electrons. The zero-order valence-electron chi connectivity index (χ0n) is 23.0. The average Bonchev–Trinajstić information content (AvgIpc) is 3.29. The van der Waals surface area contributed by atoms with Crippen LogP contribution in [0.5, 0.6) is 5.75 Å². The highest BCUT2D eigenvalue weighted by molar-refractivity contribution is 5.95. The van der Waals surface area contributed by atoms with Crippen LogP contribution in [0.2, 0.25) is 0 Å². The van der Waals surface area contributed by atoms with Gasteiger partial charge < -0.3 is 29.3 Å². The third-order valence-corrected chi connectivity index (χ3v) is 7.07. The van der Waals surface area contributed by atoms with Crippen molar-refractivity contribution >= 4 is 23.6 Å². The summed E-state index contributed by atoms with van der Waals surface area (Å²) in [6.45, 7) is 9.20. The molecule has 0 spiro atoms. The normalized spacial score (nSPS) is 23.5. The number of likely N-dealkylation sites (tertiary alicyclic amines) is 1. The molecule has 38 heavy (non-hydrogen) atoms. The first-order chi connectivity index (χ1) is 18.1. The fourth-order valence-corrected chi connectivity index (χ4v) is 5.27. The molecule has 3 unspecified atom stereocenters. The van der Waals surface area contributed by atoms with Crippen LogP contribution in [0.1, 0.15) is 66.2 Å².